The molecule has 1 aliphatic carbocycles. The van der Waals surface area contributed by atoms with Gasteiger partial charge in [0.25, 0.3) is 0 Å². The molecule has 46 heavy (non-hydrogen) atoms. The first-order valence-corrected chi connectivity index (χ1v) is 17.5. The topological polar surface area (TPSA) is 66.8 Å². The van der Waals surface area contributed by atoms with E-state index in [2.05, 4.69) is 25.6 Å². The van der Waals surface area contributed by atoms with Crippen LogP contribution in [-0.2, 0) is 17.6 Å². The standard InChI is InChI=1S/C41H53FO4/c1-4-5-7-12-30-17-19-32(20-18-30)33-21-22-36(39(42)27-33)35-26-38(34-15-10-13-31(25-34)14-11-24-44)37(16-8-6-9-23-43)40(28-35)46-41(45)29(2)3/h10,13,15,21-22,25-28,30,32,43-44H,2,4-9,11-12,14,16-20,23-24H2,1,3H3. The zero-order valence-corrected chi connectivity index (χ0v) is 28.0. The first kappa shape index (κ1) is 35.6. The van der Waals surface area contributed by atoms with E-state index in [1.807, 2.05) is 30.3 Å². The summed E-state index contributed by atoms with van der Waals surface area (Å²) in [6.45, 7) is 7.90. The quantitative estimate of drug-likeness (QED) is 0.0676. The Morgan fingerprint density at radius 2 is 1.63 bits per heavy atom. The maximum atomic E-state index is 16.1. The molecule has 4 rings (SSSR count). The lowest BCUT2D eigenvalue weighted by molar-refractivity contribution is -0.130. The van der Waals surface area contributed by atoms with Crippen LogP contribution in [0.15, 0.2) is 66.7 Å². The summed E-state index contributed by atoms with van der Waals surface area (Å²) in [4.78, 5) is 12.8. The van der Waals surface area contributed by atoms with Crippen molar-refractivity contribution >= 4 is 5.97 Å². The molecule has 0 saturated heterocycles. The number of aryl methyl sites for hydroxylation is 1. The van der Waals surface area contributed by atoms with E-state index in [-0.39, 0.29) is 19.0 Å². The van der Waals surface area contributed by atoms with Gasteiger partial charge in [-0.1, -0.05) is 82.0 Å². The number of aliphatic hydroxyl groups is 2. The van der Waals surface area contributed by atoms with Crippen LogP contribution >= 0.6 is 0 Å². The van der Waals surface area contributed by atoms with E-state index in [4.69, 9.17) is 4.74 Å². The van der Waals surface area contributed by atoms with Crippen LogP contribution in [-0.4, -0.2) is 29.4 Å². The van der Waals surface area contributed by atoms with Crippen molar-refractivity contribution < 1.29 is 24.1 Å². The first-order valence-electron chi connectivity index (χ1n) is 17.5. The van der Waals surface area contributed by atoms with Crippen molar-refractivity contribution in [3.05, 3.63) is 89.3 Å². The molecule has 2 N–H and O–H groups in total. The summed E-state index contributed by atoms with van der Waals surface area (Å²) in [7, 11) is 0. The highest BCUT2D eigenvalue weighted by atomic mass is 19.1. The Morgan fingerprint density at radius 1 is 0.848 bits per heavy atom. The van der Waals surface area contributed by atoms with Gasteiger partial charge in [-0.3, -0.25) is 0 Å². The Labute approximate surface area is 275 Å². The molecule has 0 unspecified atom stereocenters. The fraction of sp³-hybridized carbons (Fsp3) is 0.488. The number of unbranched alkanes of at least 4 members (excludes halogenated alkanes) is 4. The van der Waals surface area contributed by atoms with Gasteiger partial charge in [-0.05, 0) is 123 Å². The third-order valence-electron chi connectivity index (χ3n) is 9.54. The van der Waals surface area contributed by atoms with E-state index in [9.17, 15) is 15.0 Å². The van der Waals surface area contributed by atoms with Gasteiger partial charge < -0.3 is 14.9 Å². The van der Waals surface area contributed by atoms with Crippen LogP contribution in [0.25, 0.3) is 22.3 Å². The normalized spacial score (nSPS) is 16.4. The number of esters is 1. The lowest BCUT2D eigenvalue weighted by atomic mass is 9.77. The molecule has 0 spiro atoms. The van der Waals surface area contributed by atoms with Gasteiger partial charge in [-0.15, -0.1) is 0 Å². The minimum absolute atomic E-state index is 0.118. The molecule has 0 aromatic heterocycles. The molecular weight excluding hydrogens is 575 g/mol. The van der Waals surface area contributed by atoms with Crippen molar-refractivity contribution in [2.24, 2.45) is 5.92 Å². The van der Waals surface area contributed by atoms with Gasteiger partial charge in [0.1, 0.15) is 11.6 Å². The lowest BCUT2D eigenvalue weighted by Gasteiger charge is -2.29. The number of rotatable bonds is 17. The van der Waals surface area contributed by atoms with Crippen molar-refractivity contribution in [2.45, 2.75) is 110 Å². The molecule has 1 saturated carbocycles. The largest absolute Gasteiger partial charge is 0.423 e. The van der Waals surface area contributed by atoms with E-state index < -0.39 is 5.97 Å². The van der Waals surface area contributed by atoms with E-state index >= 15 is 4.39 Å². The van der Waals surface area contributed by atoms with Crippen molar-refractivity contribution in [1.82, 2.24) is 0 Å². The number of carbonyl (C=O) groups is 1. The molecule has 0 heterocycles. The second-order valence-electron chi connectivity index (χ2n) is 13.2. The molecule has 1 fully saturated rings. The summed E-state index contributed by atoms with van der Waals surface area (Å²) in [5, 5.41) is 18.7. The fourth-order valence-electron chi connectivity index (χ4n) is 6.85. The second kappa shape index (κ2) is 18.2. The summed E-state index contributed by atoms with van der Waals surface area (Å²) in [6, 6.07) is 17.7. The van der Waals surface area contributed by atoms with Gasteiger partial charge in [0.15, 0.2) is 0 Å². The molecule has 0 radical (unpaired) electrons. The maximum absolute atomic E-state index is 16.1. The van der Waals surface area contributed by atoms with Gasteiger partial charge >= 0.3 is 5.97 Å². The fourth-order valence-corrected chi connectivity index (χ4v) is 6.85. The van der Waals surface area contributed by atoms with Crippen LogP contribution in [0.2, 0.25) is 0 Å². The maximum Gasteiger partial charge on any atom is 0.338 e. The zero-order chi connectivity index (χ0) is 32.9. The summed E-state index contributed by atoms with van der Waals surface area (Å²) in [5.41, 5.74) is 6.32. The van der Waals surface area contributed by atoms with Gasteiger partial charge in [0.2, 0.25) is 0 Å². The Bertz CT molecular complexity index is 1440. The van der Waals surface area contributed by atoms with Crippen LogP contribution in [0.1, 0.15) is 114 Å². The number of benzene rings is 3. The molecule has 5 heteroatoms. The van der Waals surface area contributed by atoms with Gasteiger partial charge in [-0.25, -0.2) is 9.18 Å². The summed E-state index contributed by atoms with van der Waals surface area (Å²) in [5.74, 6) is 0.817. The second-order valence-corrected chi connectivity index (χ2v) is 13.2. The van der Waals surface area contributed by atoms with Crippen molar-refractivity contribution in [3.8, 4) is 28.0 Å². The summed E-state index contributed by atoms with van der Waals surface area (Å²) >= 11 is 0. The third kappa shape index (κ3) is 9.86. The van der Waals surface area contributed by atoms with Crippen LogP contribution in [0.4, 0.5) is 4.39 Å². The highest BCUT2D eigenvalue weighted by Gasteiger charge is 2.24. The molecule has 3 aromatic carbocycles. The number of halogens is 1. The van der Waals surface area contributed by atoms with Crippen LogP contribution in [0.5, 0.6) is 5.75 Å². The number of ether oxygens (including phenoxy) is 1. The predicted octanol–water partition coefficient (Wildman–Crippen LogP) is 10.1. The van der Waals surface area contributed by atoms with Crippen LogP contribution in [0.3, 0.4) is 0 Å². The number of hydrogen-bond acceptors (Lipinski definition) is 4. The molecule has 3 aromatic rings. The van der Waals surface area contributed by atoms with Crippen molar-refractivity contribution in [1.29, 1.82) is 0 Å². The number of carbonyl (C=O) groups excluding carboxylic acids is 1. The minimum atomic E-state index is -0.516. The van der Waals surface area contributed by atoms with Gasteiger partial charge in [0.05, 0.1) is 0 Å². The van der Waals surface area contributed by atoms with Crippen molar-refractivity contribution in [3.63, 3.8) is 0 Å². The molecule has 0 bridgehead atoms. The van der Waals surface area contributed by atoms with E-state index in [0.717, 1.165) is 65.8 Å². The lowest BCUT2D eigenvalue weighted by Crippen LogP contribution is -2.13. The SMILES string of the molecule is C=C(C)C(=O)Oc1cc(-c2ccc(C3CCC(CCCCC)CC3)cc2F)cc(-c2cccc(CCCO)c2)c1CCCCCO. The van der Waals surface area contributed by atoms with Crippen molar-refractivity contribution in [2.75, 3.05) is 13.2 Å². The third-order valence-corrected chi connectivity index (χ3v) is 9.54. The Kier molecular flexibility index (Phi) is 14.0. The Morgan fingerprint density at radius 3 is 2.33 bits per heavy atom. The smallest absolute Gasteiger partial charge is 0.338 e. The molecule has 4 nitrogen and oxygen atoms in total. The van der Waals surface area contributed by atoms with Crippen LogP contribution < -0.4 is 4.74 Å². The highest BCUT2D eigenvalue weighted by molar-refractivity contribution is 5.90. The van der Waals surface area contributed by atoms with E-state index in [0.29, 0.717) is 47.6 Å². The van der Waals surface area contributed by atoms with Gasteiger partial charge in [0, 0.05) is 29.9 Å². The zero-order valence-electron chi connectivity index (χ0n) is 28.0. The minimum Gasteiger partial charge on any atom is -0.423 e. The molecule has 0 aliphatic heterocycles. The molecule has 248 valence electrons. The summed E-state index contributed by atoms with van der Waals surface area (Å²) in [6.07, 6.45) is 14.2. The highest BCUT2D eigenvalue weighted by Crippen LogP contribution is 2.41. The van der Waals surface area contributed by atoms with Crippen LogP contribution in [0, 0.1) is 11.7 Å². The molecular formula is C41H53FO4. The van der Waals surface area contributed by atoms with E-state index in [1.165, 1.54) is 38.5 Å². The predicted molar refractivity (Wildman–Crippen MR) is 187 cm³/mol. The Balaban J connectivity index is 1.71. The number of hydrogen-bond donors (Lipinski definition) is 2. The average Bonchev–Trinajstić information content (AvgIpc) is 3.06. The Hall–Kier alpha value is -3.28. The summed E-state index contributed by atoms with van der Waals surface area (Å²) < 4.78 is 22.0. The monoisotopic (exact) mass is 628 g/mol. The molecule has 0 amide bonds. The molecule has 0 atom stereocenters. The van der Waals surface area contributed by atoms with E-state index in [1.54, 1.807) is 19.1 Å². The average molecular weight is 629 g/mol. The number of aliphatic hydroxyl groups excluding tert-OH is 2. The molecule has 1 aliphatic rings. The first-order chi connectivity index (χ1) is 22.3. The van der Waals surface area contributed by atoms with Gasteiger partial charge in [-0.2, -0.15) is 0 Å².